The van der Waals surface area contributed by atoms with Crippen molar-refractivity contribution in [2.75, 3.05) is 13.1 Å². The summed E-state index contributed by atoms with van der Waals surface area (Å²) in [6, 6.07) is 13.4. The second kappa shape index (κ2) is 7.05. The number of hydrogen-bond donors (Lipinski definition) is 0. The first-order valence-corrected chi connectivity index (χ1v) is 10.9. The summed E-state index contributed by atoms with van der Waals surface area (Å²) in [5.41, 5.74) is 0.685. The van der Waals surface area contributed by atoms with Gasteiger partial charge in [-0.15, -0.1) is 0 Å². The molecule has 27 heavy (non-hydrogen) atoms. The summed E-state index contributed by atoms with van der Waals surface area (Å²) in [6.07, 6.45) is 3.26. The molecule has 1 aliphatic rings. The van der Waals surface area contributed by atoms with Crippen LogP contribution in [0.5, 0.6) is 0 Å². The van der Waals surface area contributed by atoms with Crippen LogP contribution in [-0.2, 0) is 9.84 Å². The summed E-state index contributed by atoms with van der Waals surface area (Å²) in [6.45, 7) is 1.28. The lowest BCUT2D eigenvalue weighted by Gasteiger charge is -2.18. The Morgan fingerprint density at radius 1 is 1.00 bits per heavy atom. The molecule has 0 unspecified atom stereocenters. The second-order valence-electron chi connectivity index (χ2n) is 6.47. The van der Waals surface area contributed by atoms with E-state index in [1.165, 1.54) is 6.20 Å². The number of halogens is 1. The van der Waals surface area contributed by atoms with Crippen molar-refractivity contribution < 1.29 is 13.2 Å². The van der Waals surface area contributed by atoms with Crippen molar-refractivity contribution in [1.82, 2.24) is 9.88 Å². The van der Waals surface area contributed by atoms with E-state index >= 15 is 0 Å². The average Bonchev–Trinajstić information content (AvgIpc) is 3.21. The molecule has 2 aromatic carbocycles. The van der Waals surface area contributed by atoms with E-state index in [4.69, 9.17) is 0 Å². The number of pyridine rings is 1. The zero-order valence-corrected chi connectivity index (χ0v) is 16.8. The number of rotatable bonds is 3. The molecule has 0 N–H and O–H groups in total. The predicted molar refractivity (Wildman–Crippen MR) is 106 cm³/mol. The number of sulfone groups is 1. The molecule has 1 saturated heterocycles. The van der Waals surface area contributed by atoms with Crippen LogP contribution in [0.25, 0.3) is 10.9 Å². The number of hydrogen-bond acceptors (Lipinski definition) is 4. The van der Waals surface area contributed by atoms with E-state index < -0.39 is 9.84 Å². The Bertz CT molecular complexity index is 1120. The fourth-order valence-corrected chi connectivity index (χ4v) is 5.27. The van der Waals surface area contributed by atoms with Crippen molar-refractivity contribution >= 4 is 42.6 Å². The minimum absolute atomic E-state index is 0.0346. The molecule has 1 aliphatic heterocycles. The number of fused-ring (bicyclic) bond motifs is 1. The van der Waals surface area contributed by atoms with E-state index in [9.17, 15) is 13.2 Å². The van der Waals surface area contributed by atoms with Gasteiger partial charge in [-0.3, -0.25) is 9.78 Å². The molecule has 7 heteroatoms. The molecular weight excluding hydrogens is 428 g/mol. The number of carbonyl (C=O) groups excluding carboxylic acids is 1. The van der Waals surface area contributed by atoms with Gasteiger partial charge in [0, 0.05) is 29.1 Å². The quantitative estimate of drug-likeness (QED) is 0.610. The topological polar surface area (TPSA) is 67.3 Å². The van der Waals surface area contributed by atoms with Crippen molar-refractivity contribution in [3.63, 3.8) is 0 Å². The molecule has 4 rings (SSSR count). The van der Waals surface area contributed by atoms with Gasteiger partial charge in [0.2, 0.25) is 9.84 Å². The highest BCUT2D eigenvalue weighted by Crippen LogP contribution is 2.32. The summed E-state index contributed by atoms with van der Waals surface area (Å²) in [5.74, 6) is -0.276. The highest BCUT2D eigenvalue weighted by atomic mass is 79.9. The molecule has 0 saturated carbocycles. The van der Waals surface area contributed by atoms with Crippen LogP contribution in [0.2, 0.25) is 0 Å². The standard InChI is InChI=1S/C20H17BrN2O3S/c21-14-7-9-15(10-8-14)27(25,26)19-16-5-1-2-6-18(16)22-13-17(19)20(24)23-11-3-4-12-23/h1-2,5-10,13H,3-4,11-12H2. The van der Waals surface area contributed by atoms with Gasteiger partial charge in [0.1, 0.15) is 0 Å². The fourth-order valence-electron chi connectivity index (χ4n) is 3.38. The Balaban J connectivity index is 1.97. The number of amides is 1. The zero-order valence-electron chi connectivity index (χ0n) is 14.4. The smallest absolute Gasteiger partial charge is 0.256 e. The monoisotopic (exact) mass is 444 g/mol. The number of likely N-dealkylation sites (tertiary alicyclic amines) is 1. The fraction of sp³-hybridized carbons (Fsp3) is 0.200. The molecular formula is C20H17BrN2O3S. The summed E-state index contributed by atoms with van der Waals surface area (Å²) >= 11 is 3.32. The first-order valence-electron chi connectivity index (χ1n) is 8.66. The molecule has 0 atom stereocenters. The molecule has 0 radical (unpaired) electrons. The van der Waals surface area contributed by atoms with Gasteiger partial charge in [-0.2, -0.15) is 0 Å². The van der Waals surface area contributed by atoms with E-state index in [0.29, 0.717) is 24.0 Å². The lowest BCUT2D eigenvalue weighted by molar-refractivity contribution is 0.0789. The molecule has 0 bridgehead atoms. The summed E-state index contributed by atoms with van der Waals surface area (Å²) < 4.78 is 27.8. The van der Waals surface area contributed by atoms with Crippen molar-refractivity contribution in [2.45, 2.75) is 22.6 Å². The van der Waals surface area contributed by atoms with Crippen LogP contribution in [0, 0.1) is 0 Å². The molecule has 5 nitrogen and oxygen atoms in total. The Hall–Kier alpha value is -2.25. The number of aromatic nitrogens is 1. The van der Waals surface area contributed by atoms with Gasteiger partial charge in [-0.25, -0.2) is 8.42 Å². The van der Waals surface area contributed by atoms with Crippen LogP contribution in [0.3, 0.4) is 0 Å². The SMILES string of the molecule is O=C(c1cnc2ccccc2c1S(=O)(=O)c1ccc(Br)cc1)N1CCCC1. The number of carbonyl (C=O) groups is 1. The molecule has 3 aromatic rings. The van der Waals surface area contributed by atoms with Gasteiger partial charge < -0.3 is 4.90 Å². The van der Waals surface area contributed by atoms with E-state index in [1.54, 1.807) is 53.4 Å². The van der Waals surface area contributed by atoms with Crippen LogP contribution in [0.1, 0.15) is 23.2 Å². The minimum atomic E-state index is -3.90. The van der Waals surface area contributed by atoms with Crippen LogP contribution in [-0.4, -0.2) is 37.3 Å². The maximum Gasteiger partial charge on any atom is 0.256 e. The van der Waals surface area contributed by atoms with E-state index in [2.05, 4.69) is 20.9 Å². The Labute approximate surface area is 166 Å². The largest absolute Gasteiger partial charge is 0.339 e. The minimum Gasteiger partial charge on any atom is -0.339 e. The van der Waals surface area contributed by atoms with E-state index in [-0.39, 0.29) is 21.3 Å². The predicted octanol–water partition coefficient (Wildman–Crippen LogP) is 4.07. The molecule has 1 aromatic heterocycles. The van der Waals surface area contributed by atoms with Crippen LogP contribution >= 0.6 is 15.9 Å². The van der Waals surface area contributed by atoms with Crippen LogP contribution < -0.4 is 0 Å². The maximum atomic E-state index is 13.5. The molecule has 138 valence electrons. The molecule has 0 aliphatic carbocycles. The molecule has 2 heterocycles. The summed E-state index contributed by atoms with van der Waals surface area (Å²) in [5, 5.41) is 0.463. The molecule has 1 fully saturated rings. The maximum absolute atomic E-state index is 13.5. The Morgan fingerprint density at radius 2 is 1.67 bits per heavy atom. The van der Waals surface area contributed by atoms with Crippen molar-refractivity contribution in [3.05, 3.63) is 64.8 Å². The third-order valence-electron chi connectivity index (χ3n) is 4.74. The number of nitrogens with zero attached hydrogens (tertiary/aromatic N) is 2. The lowest BCUT2D eigenvalue weighted by Crippen LogP contribution is -2.29. The summed E-state index contributed by atoms with van der Waals surface area (Å²) in [4.78, 5) is 19.3. The zero-order chi connectivity index (χ0) is 19.0. The number of para-hydroxylation sites is 1. The van der Waals surface area contributed by atoms with Crippen molar-refractivity contribution in [2.24, 2.45) is 0 Å². The highest BCUT2D eigenvalue weighted by molar-refractivity contribution is 9.10. The van der Waals surface area contributed by atoms with Gasteiger partial charge in [0.25, 0.3) is 5.91 Å². The Kier molecular flexibility index (Phi) is 4.74. The first kappa shape index (κ1) is 18.1. The van der Waals surface area contributed by atoms with Crippen molar-refractivity contribution in [1.29, 1.82) is 0 Å². The second-order valence-corrected chi connectivity index (χ2v) is 9.28. The third kappa shape index (κ3) is 3.26. The first-order chi connectivity index (χ1) is 13.0. The average molecular weight is 445 g/mol. The van der Waals surface area contributed by atoms with E-state index in [1.807, 2.05) is 0 Å². The third-order valence-corrected chi connectivity index (χ3v) is 7.14. The molecule has 1 amide bonds. The van der Waals surface area contributed by atoms with Gasteiger partial charge in [-0.05, 0) is 43.2 Å². The van der Waals surface area contributed by atoms with Gasteiger partial charge in [0.05, 0.1) is 20.9 Å². The van der Waals surface area contributed by atoms with Crippen LogP contribution in [0.15, 0.2) is 69.0 Å². The van der Waals surface area contributed by atoms with E-state index in [0.717, 1.165) is 17.3 Å². The lowest BCUT2D eigenvalue weighted by atomic mass is 10.1. The highest BCUT2D eigenvalue weighted by Gasteiger charge is 2.30. The van der Waals surface area contributed by atoms with Gasteiger partial charge in [0.15, 0.2) is 0 Å². The van der Waals surface area contributed by atoms with Gasteiger partial charge >= 0.3 is 0 Å². The van der Waals surface area contributed by atoms with Gasteiger partial charge in [-0.1, -0.05) is 34.1 Å². The van der Waals surface area contributed by atoms with Crippen molar-refractivity contribution in [3.8, 4) is 0 Å². The summed E-state index contributed by atoms with van der Waals surface area (Å²) in [7, 11) is -3.90. The Morgan fingerprint density at radius 3 is 2.37 bits per heavy atom. The number of benzene rings is 2. The molecule has 0 spiro atoms. The van der Waals surface area contributed by atoms with Crippen LogP contribution in [0.4, 0.5) is 0 Å². The normalized spacial score (nSPS) is 14.6.